The molecule has 0 aliphatic carbocycles. The summed E-state index contributed by atoms with van der Waals surface area (Å²) < 4.78 is 33.5. The first-order valence-electron chi connectivity index (χ1n) is 10.8. The number of halogens is 2. The minimum Gasteiger partial charge on any atom is -0.457 e. The highest BCUT2D eigenvalue weighted by atomic mass is 32.2. The first-order valence-corrected chi connectivity index (χ1v) is 11.8. The molecule has 0 aliphatic rings. The smallest absolute Gasteiger partial charge is 0.228 e. The van der Waals surface area contributed by atoms with E-state index in [1.807, 2.05) is 24.3 Å². The average molecular weight is 476 g/mol. The van der Waals surface area contributed by atoms with Crippen molar-refractivity contribution in [2.45, 2.75) is 18.2 Å². The van der Waals surface area contributed by atoms with E-state index >= 15 is 0 Å². The quantitative estimate of drug-likeness (QED) is 0.265. The lowest BCUT2D eigenvalue weighted by atomic mass is 10.0. The SMILES string of the molecule is CCSc1ccc(CC(=O)Nc2ccc(-c3cccc(F)c3)c(Oc3cccc(F)c3)c2)cc1. The lowest BCUT2D eigenvalue weighted by molar-refractivity contribution is -0.115. The number of nitrogens with one attached hydrogen (secondary N) is 1. The molecule has 0 unspecified atom stereocenters. The molecule has 0 saturated heterocycles. The van der Waals surface area contributed by atoms with Gasteiger partial charge in [-0.2, -0.15) is 0 Å². The zero-order chi connectivity index (χ0) is 23.9. The van der Waals surface area contributed by atoms with Crippen LogP contribution in [0.1, 0.15) is 12.5 Å². The first-order chi connectivity index (χ1) is 16.5. The molecule has 0 atom stereocenters. The van der Waals surface area contributed by atoms with Gasteiger partial charge in [-0.25, -0.2) is 8.78 Å². The monoisotopic (exact) mass is 475 g/mol. The van der Waals surface area contributed by atoms with Crippen LogP contribution in [0.2, 0.25) is 0 Å². The molecule has 34 heavy (non-hydrogen) atoms. The van der Waals surface area contributed by atoms with Crippen LogP contribution in [0.25, 0.3) is 11.1 Å². The fourth-order valence-corrected chi connectivity index (χ4v) is 4.16. The summed E-state index contributed by atoms with van der Waals surface area (Å²) in [5.74, 6) is 0.672. The molecule has 4 aromatic rings. The Morgan fingerprint density at radius 3 is 2.32 bits per heavy atom. The van der Waals surface area contributed by atoms with Crippen molar-refractivity contribution in [1.82, 2.24) is 0 Å². The lowest BCUT2D eigenvalue weighted by Gasteiger charge is -2.14. The Balaban J connectivity index is 1.57. The molecule has 0 heterocycles. The summed E-state index contributed by atoms with van der Waals surface area (Å²) in [6, 6.07) is 24.9. The van der Waals surface area contributed by atoms with Crippen LogP contribution in [-0.4, -0.2) is 11.7 Å². The Morgan fingerprint density at radius 1 is 0.882 bits per heavy atom. The number of rotatable bonds is 8. The molecule has 0 fully saturated rings. The predicted octanol–water partition coefficient (Wildman–Crippen LogP) is 7.72. The van der Waals surface area contributed by atoms with Crippen LogP contribution in [0.15, 0.2) is 95.9 Å². The van der Waals surface area contributed by atoms with Crippen molar-refractivity contribution in [3.8, 4) is 22.6 Å². The number of hydrogen-bond donors (Lipinski definition) is 1. The third-order valence-corrected chi connectivity index (χ3v) is 5.92. The summed E-state index contributed by atoms with van der Waals surface area (Å²) in [7, 11) is 0. The van der Waals surface area contributed by atoms with Crippen molar-refractivity contribution in [3.63, 3.8) is 0 Å². The zero-order valence-electron chi connectivity index (χ0n) is 18.6. The summed E-state index contributed by atoms with van der Waals surface area (Å²) >= 11 is 1.75. The van der Waals surface area contributed by atoms with Crippen molar-refractivity contribution < 1.29 is 18.3 Å². The molecule has 1 N–H and O–H groups in total. The van der Waals surface area contributed by atoms with E-state index in [0.717, 1.165) is 11.3 Å². The predicted molar refractivity (Wildman–Crippen MR) is 133 cm³/mol. The van der Waals surface area contributed by atoms with Crippen molar-refractivity contribution in [2.24, 2.45) is 0 Å². The van der Waals surface area contributed by atoms with Crippen molar-refractivity contribution in [1.29, 1.82) is 0 Å². The number of amides is 1. The van der Waals surface area contributed by atoms with Gasteiger partial charge in [0.15, 0.2) is 0 Å². The van der Waals surface area contributed by atoms with E-state index in [2.05, 4.69) is 12.2 Å². The van der Waals surface area contributed by atoms with Crippen LogP contribution in [0, 0.1) is 11.6 Å². The van der Waals surface area contributed by atoms with Gasteiger partial charge in [-0.05, 0) is 65.4 Å². The summed E-state index contributed by atoms with van der Waals surface area (Å²) in [4.78, 5) is 13.8. The fourth-order valence-electron chi connectivity index (χ4n) is 3.50. The minimum atomic E-state index is -0.433. The number of ether oxygens (including phenoxy) is 1. The maximum absolute atomic E-state index is 13.8. The molecule has 0 saturated carbocycles. The van der Waals surface area contributed by atoms with Crippen molar-refractivity contribution in [3.05, 3.63) is 108 Å². The van der Waals surface area contributed by atoms with Crippen LogP contribution in [0.4, 0.5) is 14.5 Å². The van der Waals surface area contributed by atoms with Crippen LogP contribution >= 0.6 is 11.8 Å². The second-order valence-electron chi connectivity index (χ2n) is 7.58. The second kappa shape index (κ2) is 11.0. The van der Waals surface area contributed by atoms with Gasteiger partial charge >= 0.3 is 0 Å². The summed E-state index contributed by atoms with van der Waals surface area (Å²) in [5, 5.41) is 2.89. The van der Waals surface area contributed by atoms with Crippen LogP contribution < -0.4 is 10.1 Å². The van der Waals surface area contributed by atoms with Gasteiger partial charge in [-0.1, -0.05) is 37.3 Å². The Hall–Kier alpha value is -3.64. The van der Waals surface area contributed by atoms with E-state index in [9.17, 15) is 13.6 Å². The molecule has 0 aromatic heterocycles. The topological polar surface area (TPSA) is 38.3 Å². The molecule has 3 nitrogen and oxygen atoms in total. The van der Waals surface area contributed by atoms with E-state index in [1.54, 1.807) is 54.2 Å². The third-order valence-electron chi connectivity index (χ3n) is 5.02. The average Bonchev–Trinajstić information content (AvgIpc) is 2.81. The zero-order valence-corrected chi connectivity index (χ0v) is 19.4. The second-order valence-corrected chi connectivity index (χ2v) is 8.92. The maximum atomic E-state index is 13.8. The molecule has 1 amide bonds. The van der Waals surface area contributed by atoms with Gasteiger partial charge in [0.1, 0.15) is 23.1 Å². The number of carbonyl (C=O) groups is 1. The molecular weight excluding hydrogens is 452 g/mol. The largest absolute Gasteiger partial charge is 0.457 e. The fraction of sp³-hybridized carbons (Fsp3) is 0.107. The van der Waals surface area contributed by atoms with Gasteiger partial charge in [0, 0.05) is 28.3 Å². The van der Waals surface area contributed by atoms with Gasteiger partial charge in [-0.15, -0.1) is 11.8 Å². The van der Waals surface area contributed by atoms with E-state index in [0.29, 0.717) is 28.3 Å². The molecule has 0 spiro atoms. The van der Waals surface area contributed by atoms with E-state index < -0.39 is 5.82 Å². The maximum Gasteiger partial charge on any atom is 0.228 e. The van der Waals surface area contributed by atoms with Gasteiger partial charge in [0.25, 0.3) is 0 Å². The number of carbonyl (C=O) groups excluding carboxylic acids is 1. The Morgan fingerprint density at radius 2 is 1.62 bits per heavy atom. The van der Waals surface area contributed by atoms with Crippen LogP contribution in [0.5, 0.6) is 11.5 Å². The van der Waals surface area contributed by atoms with Crippen molar-refractivity contribution in [2.75, 3.05) is 11.1 Å². The Labute approximate surface area is 201 Å². The third kappa shape index (κ3) is 6.23. The molecular formula is C28H23F2NO2S. The molecule has 0 aliphatic heterocycles. The highest BCUT2D eigenvalue weighted by molar-refractivity contribution is 7.99. The molecule has 0 bridgehead atoms. The van der Waals surface area contributed by atoms with E-state index in [1.165, 1.54) is 29.2 Å². The van der Waals surface area contributed by atoms with Gasteiger partial charge in [0.05, 0.1) is 6.42 Å². The normalized spacial score (nSPS) is 10.7. The Kier molecular flexibility index (Phi) is 7.60. The number of anilines is 1. The van der Waals surface area contributed by atoms with Gasteiger partial charge in [0.2, 0.25) is 5.91 Å². The summed E-state index contributed by atoms with van der Waals surface area (Å²) in [5.41, 5.74) is 2.65. The number of thioether (sulfide) groups is 1. The summed E-state index contributed by atoms with van der Waals surface area (Å²) in [6.07, 6.45) is 0.225. The molecule has 0 radical (unpaired) electrons. The first kappa shape index (κ1) is 23.5. The standard InChI is InChI=1S/C28H23F2NO2S/c1-2-34-25-12-9-19(10-13-25)15-28(32)31-23-11-14-26(20-5-3-6-21(29)16-20)27(18-23)33-24-8-4-7-22(30)17-24/h3-14,16-18H,2,15H2,1H3,(H,31,32). The van der Waals surface area contributed by atoms with Crippen molar-refractivity contribution >= 4 is 23.4 Å². The van der Waals surface area contributed by atoms with Gasteiger partial charge in [-0.3, -0.25) is 4.79 Å². The van der Waals surface area contributed by atoms with E-state index in [4.69, 9.17) is 4.74 Å². The number of hydrogen-bond acceptors (Lipinski definition) is 3. The Bertz CT molecular complexity index is 1290. The van der Waals surface area contributed by atoms with E-state index in [-0.39, 0.29) is 18.1 Å². The minimum absolute atomic E-state index is 0.175. The highest BCUT2D eigenvalue weighted by Gasteiger charge is 2.12. The highest BCUT2D eigenvalue weighted by Crippen LogP contribution is 2.36. The molecule has 172 valence electrons. The molecule has 6 heteroatoms. The molecule has 4 rings (SSSR count). The molecule has 4 aromatic carbocycles. The van der Waals surface area contributed by atoms with Crippen LogP contribution in [-0.2, 0) is 11.2 Å². The lowest BCUT2D eigenvalue weighted by Crippen LogP contribution is -2.14. The van der Waals surface area contributed by atoms with Crippen LogP contribution in [0.3, 0.4) is 0 Å². The van der Waals surface area contributed by atoms with Gasteiger partial charge < -0.3 is 10.1 Å². The number of benzene rings is 4. The summed E-state index contributed by atoms with van der Waals surface area (Å²) in [6.45, 7) is 2.10.